The van der Waals surface area contributed by atoms with Gasteiger partial charge in [-0.25, -0.2) is 9.59 Å². The number of aliphatic carboxylic acids is 1. The molecule has 5 nitrogen and oxygen atoms in total. The highest BCUT2D eigenvalue weighted by molar-refractivity contribution is 6.03. The molecular weight excluding hydrogens is 234 g/mol. The molecule has 0 spiro atoms. The fourth-order valence-corrected chi connectivity index (χ4v) is 1.46. The van der Waals surface area contributed by atoms with Crippen LogP contribution in [0.5, 0.6) is 0 Å². The van der Waals surface area contributed by atoms with Crippen molar-refractivity contribution in [3.05, 3.63) is 35.9 Å². The van der Waals surface area contributed by atoms with Crippen LogP contribution >= 0.6 is 0 Å². The molecular formula is C13H17NO4. The Morgan fingerprint density at radius 1 is 1.33 bits per heavy atom. The average Bonchev–Trinajstić information content (AvgIpc) is 2.37. The summed E-state index contributed by atoms with van der Waals surface area (Å²) < 4.78 is 5.02. The molecule has 0 heterocycles. The number of carboxylic acid groups (broad SMARTS) is 1. The molecule has 0 saturated carbocycles. The first-order valence-electron chi connectivity index (χ1n) is 5.70. The van der Waals surface area contributed by atoms with Crippen molar-refractivity contribution in [3.63, 3.8) is 0 Å². The van der Waals surface area contributed by atoms with Gasteiger partial charge in [-0.2, -0.15) is 0 Å². The smallest absolute Gasteiger partial charge is 0.338 e. The van der Waals surface area contributed by atoms with Crippen LogP contribution in [0, 0.1) is 0 Å². The molecule has 0 saturated heterocycles. The Balaban J connectivity index is 2.66. The fourth-order valence-electron chi connectivity index (χ4n) is 1.46. The Hall–Kier alpha value is -1.88. The monoisotopic (exact) mass is 251 g/mol. The van der Waals surface area contributed by atoms with E-state index in [-0.39, 0.29) is 6.61 Å². The van der Waals surface area contributed by atoms with Gasteiger partial charge in [-0.05, 0) is 19.0 Å². The minimum absolute atomic E-state index is 0.0634. The zero-order valence-corrected chi connectivity index (χ0v) is 10.5. The van der Waals surface area contributed by atoms with Crippen LogP contribution in [0.1, 0.15) is 19.4 Å². The molecule has 1 aromatic carbocycles. The van der Waals surface area contributed by atoms with Crippen LogP contribution in [-0.4, -0.2) is 29.1 Å². The molecule has 0 radical (unpaired) electrons. The highest BCUT2D eigenvalue weighted by atomic mass is 16.5. The first-order chi connectivity index (χ1) is 8.50. The van der Waals surface area contributed by atoms with Crippen molar-refractivity contribution >= 4 is 11.9 Å². The Labute approximate surface area is 106 Å². The summed E-state index contributed by atoms with van der Waals surface area (Å²) >= 11 is 0. The van der Waals surface area contributed by atoms with Crippen molar-refractivity contribution in [1.29, 1.82) is 0 Å². The van der Waals surface area contributed by atoms with Gasteiger partial charge < -0.3 is 9.84 Å². The van der Waals surface area contributed by atoms with Crippen molar-refractivity contribution in [2.24, 2.45) is 0 Å². The highest BCUT2D eigenvalue weighted by Crippen LogP contribution is 2.09. The molecule has 0 amide bonds. The molecule has 0 aromatic heterocycles. The van der Waals surface area contributed by atoms with E-state index < -0.39 is 17.5 Å². The van der Waals surface area contributed by atoms with Gasteiger partial charge in [0.05, 0.1) is 0 Å². The minimum atomic E-state index is -1.70. The number of esters is 1. The molecule has 98 valence electrons. The lowest BCUT2D eigenvalue weighted by Gasteiger charge is -2.23. The number of hydrogen-bond donors (Lipinski definition) is 2. The summed E-state index contributed by atoms with van der Waals surface area (Å²) in [5, 5.41) is 11.7. The quantitative estimate of drug-likeness (QED) is 0.586. The third kappa shape index (κ3) is 3.30. The van der Waals surface area contributed by atoms with Gasteiger partial charge in [-0.3, -0.25) is 5.32 Å². The van der Waals surface area contributed by atoms with Crippen LogP contribution in [0.15, 0.2) is 30.3 Å². The van der Waals surface area contributed by atoms with E-state index in [1.54, 1.807) is 19.1 Å². The first-order valence-corrected chi connectivity index (χ1v) is 5.70. The molecule has 2 N–H and O–H groups in total. The van der Waals surface area contributed by atoms with Crippen LogP contribution < -0.4 is 5.32 Å². The van der Waals surface area contributed by atoms with Gasteiger partial charge in [0.2, 0.25) is 5.54 Å². The summed E-state index contributed by atoms with van der Waals surface area (Å²) in [7, 11) is 0. The maximum Gasteiger partial charge on any atom is 0.338 e. The lowest BCUT2D eigenvalue weighted by atomic mass is 10.0. The number of carboxylic acids is 1. The molecule has 0 aliphatic rings. The van der Waals surface area contributed by atoms with Crippen molar-refractivity contribution < 1.29 is 19.4 Å². The van der Waals surface area contributed by atoms with Crippen LogP contribution in [0.4, 0.5) is 0 Å². The topological polar surface area (TPSA) is 75.6 Å². The molecule has 0 fully saturated rings. The second-order valence-electron chi connectivity index (χ2n) is 4.02. The molecule has 1 atom stereocenters. The lowest BCUT2D eigenvalue weighted by Crippen LogP contribution is -2.56. The Bertz CT molecular complexity index is 418. The van der Waals surface area contributed by atoms with Crippen LogP contribution in [-0.2, 0) is 20.9 Å². The number of carbonyl (C=O) groups excluding carboxylic acids is 1. The van der Waals surface area contributed by atoms with E-state index in [1.807, 2.05) is 18.2 Å². The van der Waals surface area contributed by atoms with E-state index in [2.05, 4.69) is 5.32 Å². The van der Waals surface area contributed by atoms with E-state index in [1.165, 1.54) is 6.92 Å². The molecule has 0 bridgehead atoms. The van der Waals surface area contributed by atoms with E-state index in [9.17, 15) is 9.59 Å². The maximum absolute atomic E-state index is 11.8. The van der Waals surface area contributed by atoms with Crippen molar-refractivity contribution in [1.82, 2.24) is 5.32 Å². The molecule has 0 aliphatic heterocycles. The Kier molecular flexibility index (Phi) is 4.85. The van der Waals surface area contributed by atoms with Crippen molar-refractivity contribution in [3.8, 4) is 0 Å². The molecule has 5 heteroatoms. The van der Waals surface area contributed by atoms with Crippen LogP contribution in [0.2, 0.25) is 0 Å². The number of nitrogens with one attached hydrogen (secondary N) is 1. The summed E-state index contributed by atoms with van der Waals surface area (Å²) in [5.74, 6) is -2.04. The number of rotatable bonds is 6. The van der Waals surface area contributed by atoms with E-state index in [4.69, 9.17) is 9.84 Å². The van der Waals surface area contributed by atoms with Gasteiger partial charge >= 0.3 is 11.9 Å². The SMILES string of the molecule is CCNC(C)(C(=O)O)C(=O)OCc1ccccc1. The third-order valence-corrected chi connectivity index (χ3v) is 2.58. The fraction of sp³-hybridized carbons (Fsp3) is 0.385. The first kappa shape index (κ1) is 14.2. The number of carbonyl (C=O) groups is 2. The average molecular weight is 251 g/mol. The minimum Gasteiger partial charge on any atom is -0.479 e. The van der Waals surface area contributed by atoms with Gasteiger partial charge in [-0.15, -0.1) is 0 Å². The van der Waals surface area contributed by atoms with Gasteiger partial charge in [0, 0.05) is 0 Å². The summed E-state index contributed by atoms with van der Waals surface area (Å²) in [4.78, 5) is 22.9. The largest absolute Gasteiger partial charge is 0.479 e. The van der Waals surface area contributed by atoms with Gasteiger partial charge in [0.25, 0.3) is 0 Å². The summed E-state index contributed by atoms with van der Waals surface area (Å²) in [5.41, 5.74) is -0.890. The molecule has 1 rings (SSSR count). The normalized spacial score (nSPS) is 13.7. The van der Waals surface area contributed by atoms with Crippen LogP contribution in [0.3, 0.4) is 0 Å². The van der Waals surface area contributed by atoms with Crippen LogP contribution in [0.25, 0.3) is 0 Å². The summed E-state index contributed by atoms with van der Waals surface area (Å²) in [6, 6.07) is 9.11. The summed E-state index contributed by atoms with van der Waals surface area (Å²) in [6.07, 6.45) is 0. The second kappa shape index (κ2) is 6.16. The van der Waals surface area contributed by atoms with E-state index in [0.717, 1.165) is 5.56 Å². The van der Waals surface area contributed by atoms with Crippen molar-refractivity contribution in [2.45, 2.75) is 26.0 Å². The predicted molar refractivity (Wildman–Crippen MR) is 66.0 cm³/mol. The molecule has 0 aliphatic carbocycles. The number of hydrogen-bond acceptors (Lipinski definition) is 4. The number of likely N-dealkylation sites (N-methyl/N-ethyl adjacent to an activating group) is 1. The number of benzene rings is 1. The molecule has 1 aromatic rings. The lowest BCUT2D eigenvalue weighted by molar-refractivity contribution is -0.163. The zero-order chi connectivity index (χ0) is 13.6. The van der Waals surface area contributed by atoms with E-state index in [0.29, 0.717) is 6.54 Å². The molecule has 18 heavy (non-hydrogen) atoms. The van der Waals surface area contributed by atoms with E-state index >= 15 is 0 Å². The predicted octanol–water partition coefficient (Wildman–Crippen LogP) is 1.18. The Morgan fingerprint density at radius 2 is 1.94 bits per heavy atom. The maximum atomic E-state index is 11.8. The highest BCUT2D eigenvalue weighted by Gasteiger charge is 2.42. The third-order valence-electron chi connectivity index (χ3n) is 2.58. The number of ether oxygens (including phenoxy) is 1. The van der Waals surface area contributed by atoms with Gasteiger partial charge in [0.15, 0.2) is 0 Å². The van der Waals surface area contributed by atoms with Gasteiger partial charge in [-0.1, -0.05) is 37.3 Å². The zero-order valence-electron chi connectivity index (χ0n) is 10.5. The Morgan fingerprint density at radius 3 is 2.44 bits per heavy atom. The van der Waals surface area contributed by atoms with Gasteiger partial charge in [0.1, 0.15) is 6.61 Å². The standard InChI is InChI=1S/C13H17NO4/c1-3-14-13(2,11(15)16)12(17)18-9-10-7-5-4-6-8-10/h4-8,14H,3,9H2,1-2H3,(H,15,16). The van der Waals surface area contributed by atoms with Crippen molar-refractivity contribution in [2.75, 3.05) is 6.54 Å². The second-order valence-corrected chi connectivity index (χ2v) is 4.02. The molecule has 1 unspecified atom stereocenters. The summed E-state index contributed by atoms with van der Waals surface area (Å²) in [6.45, 7) is 3.45.